The highest BCUT2D eigenvalue weighted by Crippen LogP contribution is 2.35. The average Bonchev–Trinajstić information content (AvgIpc) is 2.21. The Morgan fingerprint density at radius 1 is 1.50 bits per heavy atom. The third-order valence-electron chi connectivity index (χ3n) is 2.88. The zero-order valence-corrected chi connectivity index (χ0v) is 10.8. The van der Waals surface area contributed by atoms with Crippen molar-refractivity contribution in [2.75, 3.05) is 5.73 Å². The molecule has 0 aliphatic heterocycles. The Morgan fingerprint density at radius 2 is 2.06 bits per heavy atom. The molecule has 3 N–H and O–H groups in total. The number of anilines is 1. The number of nitrogen functional groups attached to an aromatic ring is 1. The van der Waals surface area contributed by atoms with Gasteiger partial charge in [0, 0.05) is 15.8 Å². The molecule has 0 aromatic heterocycles. The van der Waals surface area contributed by atoms with Crippen molar-refractivity contribution in [3.63, 3.8) is 0 Å². The maximum Gasteiger partial charge on any atom is 0.0942 e. The van der Waals surface area contributed by atoms with Crippen molar-refractivity contribution in [2.24, 2.45) is 0 Å². The lowest BCUT2D eigenvalue weighted by Crippen LogP contribution is -2.35. The molecule has 0 heterocycles. The number of aliphatic hydroxyl groups is 1. The first-order valence-corrected chi connectivity index (χ1v) is 6.13. The molecule has 2 nitrogen and oxygen atoms in total. The molecule has 0 saturated heterocycles. The molecule has 0 aliphatic carbocycles. The number of rotatable bonds is 4. The second kappa shape index (κ2) is 4.93. The van der Waals surface area contributed by atoms with Crippen LogP contribution in [-0.4, -0.2) is 16.0 Å². The monoisotopic (exact) mass is 237 g/mol. The van der Waals surface area contributed by atoms with E-state index in [1.54, 1.807) is 18.7 Å². The molecule has 0 aliphatic rings. The summed E-state index contributed by atoms with van der Waals surface area (Å²) >= 11 is 1.57. The Morgan fingerprint density at radius 3 is 2.56 bits per heavy atom. The molecule has 16 heavy (non-hydrogen) atoms. The van der Waals surface area contributed by atoms with Gasteiger partial charge >= 0.3 is 0 Å². The van der Waals surface area contributed by atoms with E-state index in [0.29, 0.717) is 0 Å². The zero-order valence-electron chi connectivity index (χ0n) is 10.0. The number of hydrogen-bond acceptors (Lipinski definition) is 3. The summed E-state index contributed by atoms with van der Waals surface area (Å²) in [7, 11) is 0. The Bertz CT molecular complexity index is 387. The van der Waals surface area contributed by atoms with E-state index in [0.717, 1.165) is 16.2 Å². The predicted octanol–water partition coefficient (Wildman–Crippen LogP) is 3.08. The SMILES string of the molecule is C=C(C)[C@@](C)(O)[C@H](C)Sc1ccccc1N. The van der Waals surface area contributed by atoms with Gasteiger partial charge in [-0.05, 0) is 38.5 Å². The highest BCUT2D eigenvalue weighted by atomic mass is 32.2. The van der Waals surface area contributed by atoms with Gasteiger partial charge in [0.05, 0.1) is 5.60 Å². The van der Waals surface area contributed by atoms with Crippen molar-refractivity contribution in [1.82, 2.24) is 0 Å². The van der Waals surface area contributed by atoms with Crippen LogP contribution in [0, 0.1) is 0 Å². The first-order chi connectivity index (χ1) is 7.35. The molecule has 0 saturated carbocycles. The van der Waals surface area contributed by atoms with E-state index in [1.165, 1.54) is 0 Å². The van der Waals surface area contributed by atoms with Crippen LogP contribution < -0.4 is 5.73 Å². The lowest BCUT2D eigenvalue weighted by molar-refractivity contribution is 0.101. The van der Waals surface area contributed by atoms with Gasteiger partial charge in [-0.15, -0.1) is 11.8 Å². The molecule has 0 fully saturated rings. The van der Waals surface area contributed by atoms with Crippen molar-refractivity contribution in [3.8, 4) is 0 Å². The Hall–Kier alpha value is -0.930. The fourth-order valence-corrected chi connectivity index (χ4v) is 2.41. The first kappa shape index (κ1) is 13.1. The summed E-state index contributed by atoms with van der Waals surface area (Å²) in [5, 5.41) is 10.3. The van der Waals surface area contributed by atoms with Crippen LogP contribution in [0.1, 0.15) is 20.8 Å². The third-order valence-corrected chi connectivity index (χ3v) is 4.32. The number of para-hydroxylation sites is 1. The largest absolute Gasteiger partial charge is 0.398 e. The van der Waals surface area contributed by atoms with E-state index in [-0.39, 0.29) is 5.25 Å². The molecular formula is C13H19NOS. The standard InChI is InChI=1S/C13H19NOS/c1-9(2)13(4,15)10(3)16-12-8-6-5-7-11(12)14/h5-8,10,15H,1,14H2,2-4H3/t10-,13+/m0/s1. The molecule has 0 bridgehead atoms. The predicted molar refractivity (Wildman–Crippen MR) is 71.6 cm³/mol. The minimum atomic E-state index is -0.882. The summed E-state index contributed by atoms with van der Waals surface area (Å²) in [6.45, 7) is 9.42. The van der Waals surface area contributed by atoms with Crippen molar-refractivity contribution in [3.05, 3.63) is 36.4 Å². The minimum absolute atomic E-state index is 0.00898. The van der Waals surface area contributed by atoms with Gasteiger partial charge in [0.15, 0.2) is 0 Å². The van der Waals surface area contributed by atoms with Crippen molar-refractivity contribution in [1.29, 1.82) is 0 Å². The number of hydrogen-bond donors (Lipinski definition) is 2. The van der Waals surface area contributed by atoms with E-state index in [4.69, 9.17) is 5.73 Å². The topological polar surface area (TPSA) is 46.2 Å². The second-order valence-electron chi connectivity index (χ2n) is 4.23. The van der Waals surface area contributed by atoms with Crippen LogP contribution >= 0.6 is 11.8 Å². The van der Waals surface area contributed by atoms with Gasteiger partial charge in [-0.3, -0.25) is 0 Å². The van der Waals surface area contributed by atoms with Crippen molar-refractivity contribution in [2.45, 2.75) is 36.5 Å². The minimum Gasteiger partial charge on any atom is -0.398 e. The Labute approximate surface area is 102 Å². The first-order valence-electron chi connectivity index (χ1n) is 5.25. The zero-order chi connectivity index (χ0) is 12.3. The lowest BCUT2D eigenvalue weighted by atomic mass is 9.95. The Balaban J connectivity index is 2.83. The fraction of sp³-hybridized carbons (Fsp3) is 0.385. The van der Waals surface area contributed by atoms with Crippen molar-refractivity contribution >= 4 is 17.4 Å². The molecule has 2 atom stereocenters. The quantitative estimate of drug-likeness (QED) is 0.480. The van der Waals surface area contributed by atoms with Gasteiger partial charge in [-0.25, -0.2) is 0 Å². The second-order valence-corrected chi connectivity index (χ2v) is 5.61. The summed E-state index contributed by atoms with van der Waals surface area (Å²) in [6.07, 6.45) is 0. The molecule has 0 amide bonds. The van der Waals surface area contributed by atoms with Crippen LogP contribution in [0.15, 0.2) is 41.3 Å². The van der Waals surface area contributed by atoms with Crippen LogP contribution in [0.4, 0.5) is 5.69 Å². The maximum absolute atomic E-state index is 10.3. The Kier molecular flexibility index (Phi) is 4.05. The van der Waals surface area contributed by atoms with E-state index in [2.05, 4.69) is 6.58 Å². The van der Waals surface area contributed by atoms with E-state index in [1.807, 2.05) is 38.1 Å². The van der Waals surface area contributed by atoms with Gasteiger partial charge in [0.25, 0.3) is 0 Å². The molecule has 0 spiro atoms. The van der Waals surface area contributed by atoms with Gasteiger partial charge in [0.1, 0.15) is 0 Å². The van der Waals surface area contributed by atoms with Crippen LogP contribution in [0.25, 0.3) is 0 Å². The molecule has 88 valence electrons. The number of benzene rings is 1. The number of thioether (sulfide) groups is 1. The van der Waals surface area contributed by atoms with E-state index < -0.39 is 5.60 Å². The molecule has 1 aromatic rings. The summed E-state index contributed by atoms with van der Waals surface area (Å²) in [4.78, 5) is 0.997. The fourth-order valence-electron chi connectivity index (χ4n) is 1.24. The number of nitrogens with two attached hydrogens (primary N) is 1. The van der Waals surface area contributed by atoms with Crippen LogP contribution in [0.5, 0.6) is 0 Å². The van der Waals surface area contributed by atoms with Gasteiger partial charge in [-0.2, -0.15) is 0 Å². The molecule has 1 rings (SSSR count). The summed E-state index contributed by atoms with van der Waals surface area (Å²) in [5.41, 5.74) is 6.49. The average molecular weight is 237 g/mol. The maximum atomic E-state index is 10.3. The molecule has 3 heteroatoms. The molecule has 1 aromatic carbocycles. The van der Waals surface area contributed by atoms with Gasteiger partial charge in [-0.1, -0.05) is 18.7 Å². The molecule has 0 radical (unpaired) electrons. The van der Waals surface area contributed by atoms with Crippen LogP contribution in [0.2, 0.25) is 0 Å². The summed E-state index contributed by atoms with van der Waals surface area (Å²) in [5.74, 6) is 0. The van der Waals surface area contributed by atoms with Crippen molar-refractivity contribution < 1.29 is 5.11 Å². The third kappa shape index (κ3) is 2.80. The highest BCUT2D eigenvalue weighted by Gasteiger charge is 2.30. The van der Waals surface area contributed by atoms with E-state index >= 15 is 0 Å². The molecular weight excluding hydrogens is 218 g/mol. The lowest BCUT2D eigenvalue weighted by Gasteiger charge is -2.30. The highest BCUT2D eigenvalue weighted by molar-refractivity contribution is 8.00. The van der Waals surface area contributed by atoms with Gasteiger partial charge < -0.3 is 10.8 Å². The molecule has 0 unspecified atom stereocenters. The summed E-state index contributed by atoms with van der Waals surface area (Å²) < 4.78 is 0. The summed E-state index contributed by atoms with van der Waals surface area (Å²) in [6, 6.07) is 7.68. The normalized spacial score (nSPS) is 16.5. The van der Waals surface area contributed by atoms with Crippen LogP contribution in [-0.2, 0) is 0 Å². The van der Waals surface area contributed by atoms with Gasteiger partial charge in [0.2, 0.25) is 0 Å². The van der Waals surface area contributed by atoms with Crippen LogP contribution in [0.3, 0.4) is 0 Å². The van der Waals surface area contributed by atoms with E-state index in [9.17, 15) is 5.11 Å². The smallest absolute Gasteiger partial charge is 0.0942 e.